The van der Waals surface area contributed by atoms with Crippen LogP contribution >= 0.6 is 12.4 Å². The topological polar surface area (TPSA) is 50.8 Å². The smallest absolute Gasteiger partial charge is 0.254 e. The highest BCUT2D eigenvalue weighted by Crippen LogP contribution is 2.29. The Hall–Kier alpha value is -1.46. The van der Waals surface area contributed by atoms with Crippen molar-refractivity contribution in [2.45, 2.75) is 38.3 Å². The fourth-order valence-corrected chi connectivity index (χ4v) is 3.39. The van der Waals surface area contributed by atoms with Crippen LogP contribution in [-0.4, -0.2) is 49.7 Å². The number of methoxy groups -OCH3 is 1. The first-order chi connectivity index (χ1) is 10.7. The summed E-state index contributed by atoms with van der Waals surface area (Å²) in [5.74, 6) is 1.37. The van der Waals surface area contributed by atoms with E-state index in [2.05, 4.69) is 5.32 Å². The molecule has 2 atom stereocenters. The van der Waals surface area contributed by atoms with Crippen LogP contribution in [-0.2, 0) is 0 Å². The maximum Gasteiger partial charge on any atom is 0.254 e. The molecule has 2 unspecified atom stereocenters. The molecule has 3 rings (SSSR count). The van der Waals surface area contributed by atoms with Crippen molar-refractivity contribution in [1.82, 2.24) is 10.2 Å². The molecular formula is C17H25ClN2O3. The molecule has 0 aliphatic carbocycles. The van der Waals surface area contributed by atoms with Crippen molar-refractivity contribution in [3.8, 4) is 11.5 Å². The molecular weight excluding hydrogens is 316 g/mol. The van der Waals surface area contributed by atoms with Crippen molar-refractivity contribution in [3.05, 3.63) is 23.8 Å². The van der Waals surface area contributed by atoms with E-state index in [0.717, 1.165) is 19.5 Å². The molecule has 1 aromatic carbocycles. The van der Waals surface area contributed by atoms with E-state index in [0.29, 0.717) is 35.8 Å². The first-order valence-corrected chi connectivity index (χ1v) is 8.07. The normalized spacial score (nSPS) is 23.0. The third kappa shape index (κ3) is 3.90. The Balaban J connectivity index is 0.00000192. The van der Waals surface area contributed by atoms with Crippen molar-refractivity contribution in [1.29, 1.82) is 0 Å². The molecule has 0 aromatic heterocycles. The number of hydrogen-bond donors (Lipinski definition) is 1. The molecule has 2 aliphatic heterocycles. The number of nitrogens with zero attached hydrogens (tertiary/aromatic N) is 1. The molecule has 5 nitrogen and oxygen atoms in total. The molecule has 0 spiro atoms. The fraction of sp³-hybridized carbons (Fsp3) is 0.588. The van der Waals surface area contributed by atoms with Crippen LogP contribution < -0.4 is 14.8 Å². The lowest BCUT2D eigenvalue weighted by molar-refractivity contribution is 0.0747. The fourth-order valence-electron chi connectivity index (χ4n) is 3.39. The number of amides is 1. The number of ether oxygens (including phenoxy) is 2. The summed E-state index contributed by atoms with van der Waals surface area (Å²) < 4.78 is 10.9. The van der Waals surface area contributed by atoms with Gasteiger partial charge in [0.1, 0.15) is 0 Å². The Kier molecular flexibility index (Phi) is 6.13. The molecule has 2 saturated heterocycles. The first kappa shape index (κ1) is 17.9. The third-order valence-corrected chi connectivity index (χ3v) is 4.52. The van der Waals surface area contributed by atoms with Gasteiger partial charge in [0.25, 0.3) is 5.91 Å². The maximum atomic E-state index is 12.8. The summed E-state index contributed by atoms with van der Waals surface area (Å²) in [6, 6.07) is 6.45. The van der Waals surface area contributed by atoms with Gasteiger partial charge in [0.2, 0.25) is 0 Å². The van der Waals surface area contributed by atoms with E-state index in [9.17, 15) is 4.79 Å². The summed E-state index contributed by atoms with van der Waals surface area (Å²) in [6.07, 6.45) is 3.45. The third-order valence-electron chi connectivity index (χ3n) is 4.52. The Morgan fingerprint density at radius 1 is 1.26 bits per heavy atom. The van der Waals surface area contributed by atoms with Gasteiger partial charge in [-0.2, -0.15) is 0 Å². The average Bonchev–Trinajstić information content (AvgIpc) is 2.86. The predicted octanol–water partition coefficient (Wildman–Crippen LogP) is 2.48. The van der Waals surface area contributed by atoms with Gasteiger partial charge in [-0.05, 0) is 44.4 Å². The van der Waals surface area contributed by atoms with Crippen molar-refractivity contribution in [2.24, 2.45) is 0 Å². The largest absolute Gasteiger partial charge is 0.493 e. The minimum absolute atomic E-state index is 0. The van der Waals surface area contributed by atoms with Crippen LogP contribution in [0, 0.1) is 0 Å². The molecule has 0 saturated carbocycles. The summed E-state index contributed by atoms with van der Waals surface area (Å²) in [4.78, 5) is 14.7. The van der Waals surface area contributed by atoms with E-state index < -0.39 is 0 Å². The van der Waals surface area contributed by atoms with Gasteiger partial charge < -0.3 is 19.7 Å². The number of halogens is 1. The highest BCUT2D eigenvalue weighted by atomic mass is 35.5. The van der Waals surface area contributed by atoms with E-state index in [4.69, 9.17) is 9.47 Å². The van der Waals surface area contributed by atoms with E-state index in [1.165, 1.54) is 12.8 Å². The quantitative estimate of drug-likeness (QED) is 0.915. The zero-order valence-corrected chi connectivity index (χ0v) is 14.5. The van der Waals surface area contributed by atoms with Gasteiger partial charge in [0.15, 0.2) is 11.5 Å². The number of rotatable bonds is 4. The lowest BCUT2D eigenvalue weighted by atomic mass is 10.1. The van der Waals surface area contributed by atoms with Crippen LogP contribution in [0.25, 0.3) is 0 Å². The van der Waals surface area contributed by atoms with Gasteiger partial charge in [-0.1, -0.05) is 0 Å². The molecule has 128 valence electrons. The second-order valence-electron chi connectivity index (χ2n) is 5.98. The van der Waals surface area contributed by atoms with Gasteiger partial charge in [0.05, 0.1) is 13.7 Å². The zero-order chi connectivity index (χ0) is 15.5. The van der Waals surface area contributed by atoms with Crippen molar-refractivity contribution >= 4 is 18.3 Å². The van der Waals surface area contributed by atoms with Crippen molar-refractivity contribution < 1.29 is 14.3 Å². The SMILES string of the molecule is CCOc1ccc(C(=O)N2CCC3CCC(C2)N3)cc1OC.Cl. The minimum atomic E-state index is 0. The second kappa shape index (κ2) is 7.88. The number of nitrogens with one attached hydrogen (secondary N) is 1. The van der Waals surface area contributed by atoms with Crippen molar-refractivity contribution in [3.63, 3.8) is 0 Å². The van der Waals surface area contributed by atoms with Crippen molar-refractivity contribution in [2.75, 3.05) is 26.8 Å². The molecule has 1 N–H and O–H groups in total. The van der Waals surface area contributed by atoms with Gasteiger partial charge in [-0.25, -0.2) is 0 Å². The number of carbonyl (C=O) groups excluding carboxylic acids is 1. The summed E-state index contributed by atoms with van der Waals surface area (Å²) >= 11 is 0. The Morgan fingerprint density at radius 2 is 2.04 bits per heavy atom. The molecule has 2 aliphatic rings. The second-order valence-corrected chi connectivity index (χ2v) is 5.98. The lowest BCUT2D eigenvalue weighted by Crippen LogP contribution is -2.39. The lowest BCUT2D eigenvalue weighted by Gasteiger charge is -2.24. The number of benzene rings is 1. The first-order valence-electron chi connectivity index (χ1n) is 8.07. The van der Waals surface area contributed by atoms with Crippen LogP contribution in [0.1, 0.15) is 36.5 Å². The zero-order valence-electron chi connectivity index (χ0n) is 13.7. The number of carbonyl (C=O) groups is 1. The molecule has 2 fully saturated rings. The standard InChI is InChI=1S/C17H24N2O3.ClH/c1-3-22-15-7-4-12(10-16(15)21-2)17(20)19-9-8-13-5-6-14(11-19)18-13;/h4,7,10,13-14,18H,3,5-6,8-9,11H2,1-2H3;1H. The monoisotopic (exact) mass is 340 g/mol. The number of fused-ring (bicyclic) bond motifs is 2. The molecule has 6 heteroatoms. The average molecular weight is 341 g/mol. The van der Waals surface area contributed by atoms with Gasteiger partial charge >= 0.3 is 0 Å². The molecule has 1 aromatic rings. The van der Waals surface area contributed by atoms with Gasteiger partial charge in [-0.15, -0.1) is 12.4 Å². The predicted molar refractivity (Wildman–Crippen MR) is 91.9 cm³/mol. The van der Waals surface area contributed by atoms with Crippen LogP contribution in [0.15, 0.2) is 18.2 Å². The number of hydrogen-bond acceptors (Lipinski definition) is 4. The molecule has 2 bridgehead atoms. The molecule has 1 amide bonds. The molecule has 0 radical (unpaired) electrons. The van der Waals surface area contributed by atoms with E-state index in [1.54, 1.807) is 13.2 Å². The van der Waals surface area contributed by atoms with Crippen LogP contribution in [0.4, 0.5) is 0 Å². The summed E-state index contributed by atoms with van der Waals surface area (Å²) in [7, 11) is 1.60. The molecule has 2 heterocycles. The summed E-state index contributed by atoms with van der Waals surface area (Å²) in [5, 5.41) is 3.60. The van der Waals surface area contributed by atoms with Crippen LogP contribution in [0.5, 0.6) is 11.5 Å². The summed E-state index contributed by atoms with van der Waals surface area (Å²) in [6.45, 7) is 4.12. The number of likely N-dealkylation sites (tertiary alicyclic amines) is 1. The Bertz CT molecular complexity index is 553. The highest BCUT2D eigenvalue weighted by molar-refractivity contribution is 5.95. The van der Waals surface area contributed by atoms with Crippen LogP contribution in [0.3, 0.4) is 0 Å². The van der Waals surface area contributed by atoms with Crippen LogP contribution in [0.2, 0.25) is 0 Å². The Labute approximate surface area is 143 Å². The minimum Gasteiger partial charge on any atom is -0.493 e. The highest BCUT2D eigenvalue weighted by Gasteiger charge is 2.31. The van der Waals surface area contributed by atoms with E-state index >= 15 is 0 Å². The molecule has 23 heavy (non-hydrogen) atoms. The van der Waals surface area contributed by atoms with Gasteiger partial charge in [0, 0.05) is 30.7 Å². The van der Waals surface area contributed by atoms with Gasteiger partial charge in [-0.3, -0.25) is 4.79 Å². The maximum absolute atomic E-state index is 12.8. The Morgan fingerprint density at radius 3 is 2.78 bits per heavy atom. The van der Waals surface area contributed by atoms with E-state index in [-0.39, 0.29) is 18.3 Å². The summed E-state index contributed by atoms with van der Waals surface area (Å²) in [5.41, 5.74) is 0.665. The van der Waals surface area contributed by atoms with E-state index in [1.807, 2.05) is 24.0 Å².